The van der Waals surface area contributed by atoms with E-state index in [1.807, 2.05) is 6.92 Å². The highest BCUT2D eigenvalue weighted by molar-refractivity contribution is 9.10. The van der Waals surface area contributed by atoms with E-state index in [0.717, 1.165) is 12.7 Å². The largest absolute Gasteiger partial charge is 0.493 e. The zero-order valence-corrected chi connectivity index (χ0v) is 18.5. The van der Waals surface area contributed by atoms with Crippen LogP contribution in [0, 0.1) is 0 Å². The number of benzene rings is 2. The fourth-order valence-corrected chi connectivity index (χ4v) is 3.49. The molecule has 0 saturated carbocycles. The Balaban J connectivity index is 2.08. The summed E-state index contributed by atoms with van der Waals surface area (Å²) in [4.78, 5) is 24.7. The molecule has 0 radical (unpaired) electrons. The van der Waals surface area contributed by atoms with E-state index in [0.29, 0.717) is 22.6 Å². The van der Waals surface area contributed by atoms with Crippen molar-refractivity contribution in [2.24, 2.45) is 0 Å². The third kappa shape index (κ3) is 5.94. The minimum absolute atomic E-state index is 0.0976. The lowest BCUT2D eigenvalue weighted by Gasteiger charge is -2.14. The fourth-order valence-electron chi connectivity index (χ4n) is 2.31. The molecule has 0 unspecified atom stereocenters. The molecule has 0 atom stereocenters. The molecule has 0 aromatic heterocycles. The van der Waals surface area contributed by atoms with E-state index < -0.39 is 21.7 Å². The summed E-state index contributed by atoms with van der Waals surface area (Å²) in [6.45, 7) is 2.47. The van der Waals surface area contributed by atoms with Gasteiger partial charge in [0.1, 0.15) is 0 Å². The number of rotatable bonds is 7. The summed E-state index contributed by atoms with van der Waals surface area (Å²) in [5.74, 6) is -0.291. The Morgan fingerprint density at radius 2 is 1.62 bits per heavy atom. The Morgan fingerprint density at radius 3 is 2.14 bits per heavy atom. The molecule has 8 nitrogen and oxygen atoms in total. The molecule has 0 aliphatic rings. The molecular weight excluding hydrogens is 464 g/mol. The normalized spacial score (nSPS) is 10.9. The highest BCUT2D eigenvalue weighted by Crippen LogP contribution is 2.36. The summed E-state index contributed by atoms with van der Waals surface area (Å²) in [6.07, 6.45) is 1.89. The molecule has 29 heavy (non-hydrogen) atoms. The third-order valence-electron chi connectivity index (χ3n) is 3.78. The summed E-state index contributed by atoms with van der Waals surface area (Å²) in [5, 5.41) is 0. The Hall–Kier alpha value is -2.59. The molecule has 2 rings (SSSR count). The second kappa shape index (κ2) is 9.75. The number of nitrogens with one attached hydrogen (secondary N) is 2. The highest BCUT2D eigenvalue weighted by Gasteiger charge is 2.17. The lowest BCUT2D eigenvalue weighted by Crippen LogP contribution is -2.41. The molecule has 0 spiro atoms. The van der Waals surface area contributed by atoms with E-state index in [1.54, 1.807) is 6.07 Å². The molecule has 0 aliphatic carbocycles. The zero-order chi connectivity index (χ0) is 21.6. The summed E-state index contributed by atoms with van der Waals surface area (Å²) in [5.41, 5.74) is 5.03. The monoisotopic (exact) mass is 484 g/mol. The van der Waals surface area contributed by atoms with Gasteiger partial charge in [0.15, 0.2) is 21.3 Å². The molecule has 156 valence electrons. The van der Waals surface area contributed by atoms with E-state index in [-0.39, 0.29) is 16.0 Å². The van der Waals surface area contributed by atoms with Gasteiger partial charge in [0, 0.05) is 17.4 Å². The fraction of sp³-hybridized carbons (Fsp3) is 0.263. The van der Waals surface area contributed by atoms with Crippen LogP contribution in [0.2, 0.25) is 0 Å². The van der Waals surface area contributed by atoms with Crippen molar-refractivity contribution in [2.75, 3.05) is 20.0 Å². The lowest BCUT2D eigenvalue weighted by molar-refractivity contribution is 0.0846. The van der Waals surface area contributed by atoms with Crippen LogP contribution in [0.25, 0.3) is 0 Å². The van der Waals surface area contributed by atoms with Gasteiger partial charge < -0.3 is 9.47 Å². The van der Waals surface area contributed by atoms with Crippen LogP contribution in [0.3, 0.4) is 0 Å². The Morgan fingerprint density at radius 1 is 1.03 bits per heavy atom. The number of hydrogen-bond donors (Lipinski definition) is 2. The van der Waals surface area contributed by atoms with E-state index in [9.17, 15) is 18.0 Å². The number of hydrazine groups is 1. The Labute approximate surface area is 177 Å². The number of sulfone groups is 1. The first kappa shape index (κ1) is 22.7. The topological polar surface area (TPSA) is 111 Å². The molecule has 0 fully saturated rings. The Bertz CT molecular complexity index is 1010. The van der Waals surface area contributed by atoms with Gasteiger partial charge in [0.2, 0.25) is 0 Å². The average Bonchev–Trinajstić information content (AvgIpc) is 2.69. The average molecular weight is 485 g/mol. The van der Waals surface area contributed by atoms with Crippen molar-refractivity contribution in [3.05, 3.63) is 52.0 Å². The van der Waals surface area contributed by atoms with Crippen molar-refractivity contribution in [2.45, 2.75) is 18.2 Å². The van der Waals surface area contributed by atoms with Gasteiger partial charge in [-0.3, -0.25) is 20.4 Å². The number of amides is 2. The molecule has 2 amide bonds. The van der Waals surface area contributed by atoms with E-state index in [1.165, 1.54) is 37.4 Å². The van der Waals surface area contributed by atoms with Crippen LogP contribution in [0.1, 0.15) is 34.1 Å². The van der Waals surface area contributed by atoms with Gasteiger partial charge in [-0.1, -0.05) is 6.92 Å². The molecule has 0 heterocycles. The summed E-state index contributed by atoms with van der Waals surface area (Å²) < 4.78 is 34.4. The van der Waals surface area contributed by atoms with Crippen LogP contribution >= 0.6 is 15.9 Å². The quantitative estimate of drug-likeness (QED) is 0.584. The van der Waals surface area contributed by atoms with Crippen LogP contribution < -0.4 is 20.3 Å². The maximum atomic E-state index is 12.4. The second-order valence-electron chi connectivity index (χ2n) is 6.04. The van der Waals surface area contributed by atoms with E-state index in [4.69, 9.17) is 9.47 Å². The highest BCUT2D eigenvalue weighted by atomic mass is 79.9. The summed E-state index contributed by atoms with van der Waals surface area (Å²) in [6, 6.07) is 8.41. The molecule has 0 saturated heterocycles. The van der Waals surface area contributed by atoms with Crippen molar-refractivity contribution in [3.63, 3.8) is 0 Å². The van der Waals surface area contributed by atoms with E-state index >= 15 is 0 Å². The lowest BCUT2D eigenvalue weighted by atomic mass is 10.2. The predicted octanol–water partition coefficient (Wildman–Crippen LogP) is 2.72. The molecule has 0 aliphatic heterocycles. The van der Waals surface area contributed by atoms with Gasteiger partial charge in [0.25, 0.3) is 11.8 Å². The SMILES string of the molecule is CCCOc1c(Br)cc(C(=O)NNC(=O)c2ccc(S(C)(=O)=O)cc2)cc1OC. The number of halogens is 1. The second-order valence-corrected chi connectivity index (χ2v) is 8.91. The summed E-state index contributed by atoms with van der Waals surface area (Å²) in [7, 11) is -1.89. The van der Waals surface area contributed by atoms with Crippen molar-refractivity contribution in [1.82, 2.24) is 10.9 Å². The number of carbonyl (C=O) groups is 2. The van der Waals surface area contributed by atoms with Crippen LogP contribution in [0.15, 0.2) is 45.8 Å². The van der Waals surface area contributed by atoms with Crippen molar-refractivity contribution in [1.29, 1.82) is 0 Å². The molecule has 0 bridgehead atoms. The Kier molecular flexibility index (Phi) is 7.63. The van der Waals surface area contributed by atoms with Crippen molar-refractivity contribution >= 4 is 37.6 Å². The van der Waals surface area contributed by atoms with Gasteiger partial charge in [0.05, 0.1) is 23.1 Å². The third-order valence-corrected chi connectivity index (χ3v) is 5.49. The number of carbonyl (C=O) groups excluding carboxylic acids is 2. The van der Waals surface area contributed by atoms with Crippen LogP contribution in [-0.2, 0) is 9.84 Å². The maximum Gasteiger partial charge on any atom is 0.269 e. The standard InChI is InChI=1S/C19H21BrN2O6S/c1-4-9-28-17-15(20)10-13(11-16(17)27-2)19(24)22-21-18(23)12-5-7-14(8-6-12)29(3,25)26/h5-8,10-11H,4,9H2,1-3H3,(H,21,23)(H,22,24). The van der Waals surface area contributed by atoms with Crippen LogP contribution in [-0.4, -0.2) is 40.2 Å². The van der Waals surface area contributed by atoms with Gasteiger partial charge >= 0.3 is 0 Å². The first-order valence-corrected chi connectivity index (χ1v) is 11.3. The molecular formula is C19H21BrN2O6S. The van der Waals surface area contributed by atoms with Crippen LogP contribution in [0.5, 0.6) is 11.5 Å². The number of hydrogen-bond acceptors (Lipinski definition) is 6. The maximum absolute atomic E-state index is 12.4. The zero-order valence-electron chi connectivity index (χ0n) is 16.1. The molecule has 2 aromatic carbocycles. The van der Waals surface area contributed by atoms with Crippen molar-refractivity contribution in [3.8, 4) is 11.5 Å². The van der Waals surface area contributed by atoms with Gasteiger partial charge in [-0.05, 0) is 58.7 Å². The minimum Gasteiger partial charge on any atom is -0.493 e. The minimum atomic E-state index is -3.36. The predicted molar refractivity (Wildman–Crippen MR) is 111 cm³/mol. The van der Waals surface area contributed by atoms with Crippen molar-refractivity contribution < 1.29 is 27.5 Å². The first-order chi connectivity index (χ1) is 13.7. The number of methoxy groups -OCH3 is 1. The van der Waals surface area contributed by atoms with E-state index in [2.05, 4.69) is 26.8 Å². The van der Waals surface area contributed by atoms with Gasteiger partial charge in [-0.15, -0.1) is 0 Å². The van der Waals surface area contributed by atoms with Gasteiger partial charge in [-0.2, -0.15) is 0 Å². The number of ether oxygens (including phenoxy) is 2. The summed E-state index contributed by atoms with van der Waals surface area (Å²) >= 11 is 3.36. The smallest absolute Gasteiger partial charge is 0.269 e. The first-order valence-electron chi connectivity index (χ1n) is 8.58. The van der Waals surface area contributed by atoms with Gasteiger partial charge in [-0.25, -0.2) is 8.42 Å². The molecule has 2 aromatic rings. The molecule has 2 N–H and O–H groups in total. The molecule has 10 heteroatoms. The van der Waals surface area contributed by atoms with Crippen LogP contribution in [0.4, 0.5) is 0 Å².